The molecule has 3 rings (SSSR count). The molecule has 0 radical (unpaired) electrons. The van der Waals surface area contributed by atoms with Crippen molar-refractivity contribution < 1.29 is 4.74 Å². The highest BCUT2D eigenvalue weighted by atomic mass is 16.5. The molecule has 2 aromatic rings. The van der Waals surface area contributed by atoms with Crippen LogP contribution in [0.25, 0.3) is 5.70 Å². The van der Waals surface area contributed by atoms with E-state index in [4.69, 9.17) is 4.74 Å². The van der Waals surface area contributed by atoms with Crippen molar-refractivity contribution in [3.05, 3.63) is 90.2 Å². The second-order valence-corrected chi connectivity index (χ2v) is 6.32. The van der Waals surface area contributed by atoms with Gasteiger partial charge in [-0.15, -0.1) is 0 Å². The van der Waals surface area contributed by atoms with Crippen LogP contribution >= 0.6 is 0 Å². The summed E-state index contributed by atoms with van der Waals surface area (Å²) < 4.78 is 5.26. The number of hydrogen-bond acceptors (Lipinski definition) is 2. The van der Waals surface area contributed by atoms with E-state index in [2.05, 4.69) is 66.1 Å². The number of likely N-dealkylation sites (tertiary alicyclic amines) is 1. The van der Waals surface area contributed by atoms with Gasteiger partial charge >= 0.3 is 0 Å². The molecule has 0 amide bonds. The van der Waals surface area contributed by atoms with Gasteiger partial charge in [0.2, 0.25) is 0 Å². The van der Waals surface area contributed by atoms with E-state index in [0.717, 1.165) is 31.5 Å². The van der Waals surface area contributed by atoms with Crippen LogP contribution < -0.4 is 0 Å². The third-order valence-electron chi connectivity index (χ3n) is 4.66. The fourth-order valence-electron chi connectivity index (χ4n) is 3.46. The van der Waals surface area contributed by atoms with Gasteiger partial charge in [-0.25, -0.2) is 0 Å². The molecule has 0 N–H and O–H groups in total. The molecule has 1 unspecified atom stereocenters. The first kappa shape index (κ1) is 16.4. The molecule has 2 aromatic carbocycles. The first-order valence-electron chi connectivity index (χ1n) is 8.53. The minimum atomic E-state index is 0.412. The largest absolute Gasteiger partial charge is 0.504 e. The van der Waals surface area contributed by atoms with Gasteiger partial charge in [-0.3, -0.25) is 0 Å². The van der Waals surface area contributed by atoms with Crippen LogP contribution in [0.2, 0.25) is 0 Å². The molecule has 1 aliphatic heterocycles. The summed E-state index contributed by atoms with van der Waals surface area (Å²) in [5, 5.41) is 0. The lowest BCUT2D eigenvalue weighted by Crippen LogP contribution is -2.40. The van der Waals surface area contributed by atoms with Gasteiger partial charge in [0.05, 0.1) is 13.4 Å². The van der Waals surface area contributed by atoms with Crippen molar-refractivity contribution >= 4 is 5.70 Å². The summed E-state index contributed by atoms with van der Waals surface area (Å²) in [5.41, 5.74) is 5.07. The van der Waals surface area contributed by atoms with Crippen molar-refractivity contribution in [1.29, 1.82) is 0 Å². The van der Waals surface area contributed by atoms with Gasteiger partial charge in [-0.05, 0) is 36.0 Å². The quantitative estimate of drug-likeness (QED) is 0.727. The van der Waals surface area contributed by atoms with Crippen LogP contribution in [0.3, 0.4) is 0 Å². The van der Waals surface area contributed by atoms with E-state index >= 15 is 0 Å². The third kappa shape index (κ3) is 3.88. The van der Waals surface area contributed by atoms with E-state index in [1.165, 1.54) is 16.7 Å². The molecule has 24 heavy (non-hydrogen) atoms. The topological polar surface area (TPSA) is 12.5 Å². The lowest BCUT2D eigenvalue weighted by molar-refractivity contribution is 0.250. The lowest BCUT2D eigenvalue weighted by atomic mass is 9.91. The second-order valence-electron chi connectivity index (χ2n) is 6.32. The standard InChI is InChI=1S/C22H25NO/c1-18(21-11-7-4-8-12-21)23-14-13-20(17-24-2)16-22(23)15-19-9-5-3-6-10-19/h3-12,17,22H,1,13-16H2,2H3/b20-17-. The molecule has 1 atom stereocenters. The Morgan fingerprint density at radius 2 is 1.79 bits per heavy atom. The van der Waals surface area contributed by atoms with Crippen LogP contribution in [0.4, 0.5) is 0 Å². The summed E-state index contributed by atoms with van der Waals surface area (Å²) in [6, 6.07) is 21.6. The zero-order valence-electron chi connectivity index (χ0n) is 14.3. The molecule has 0 aromatic heterocycles. The van der Waals surface area contributed by atoms with Crippen molar-refractivity contribution in [3.8, 4) is 0 Å². The van der Waals surface area contributed by atoms with Gasteiger partial charge < -0.3 is 9.64 Å². The highest BCUT2D eigenvalue weighted by molar-refractivity contribution is 5.62. The molecule has 124 valence electrons. The molecule has 1 fully saturated rings. The number of methoxy groups -OCH3 is 1. The molecule has 1 aliphatic rings. The Bertz CT molecular complexity index is 690. The van der Waals surface area contributed by atoms with Crippen molar-refractivity contribution in [2.75, 3.05) is 13.7 Å². The molecule has 2 nitrogen and oxygen atoms in total. The number of ether oxygens (including phenoxy) is 1. The third-order valence-corrected chi connectivity index (χ3v) is 4.66. The highest BCUT2D eigenvalue weighted by Crippen LogP contribution is 2.31. The molecular weight excluding hydrogens is 294 g/mol. The predicted octanol–water partition coefficient (Wildman–Crippen LogP) is 4.89. The molecule has 1 saturated heterocycles. The Labute approximate surface area is 145 Å². The summed E-state index contributed by atoms with van der Waals surface area (Å²) in [4.78, 5) is 2.47. The summed E-state index contributed by atoms with van der Waals surface area (Å²) in [6.45, 7) is 5.37. The van der Waals surface area contributed by atoms with Gasteiger partial charge in [-0.2, -0.15) is 0 Å². The Morgan fingerprint density at radius 3 is 2.46 bits per heavy atom. The maximum absolute atomic E-state index is 5.26. The Kier molecular flexibility index (Phi) is 5.37. The Balaban J connectivity index is 1.82. The zero-order valence-corrected chi connectivity index (χ0v) is 14.3. The van der Waals surface area contributed by atoms with Crippen molar-refractivity contribution in [2.24, 2.45) is 0 Å². The van der Waals surface area contributed by atoms with Crippen LogP contribution in [0, 0.1) is 0 Å². The summed E-state index contributed by atoms with van der Waals surface area (Å²) in [5.74, 6) is 0. The smallest absolute Gasteiger partial charge is 0.0818 e. The van der Waals surface area contributed by atoms with Crippen LogP contribution in [-0.2, 0) is 11.2 Å². The molecule has 0 bridgehead atoms. The molecule has 2 heteroatoms. The highest BCUT2D eigenvalue weighted by Gasteiger charge is 2.26. The first-order chi connectivity index (χ1) is 11.8. The SMILES string of the molecule is C=C(c1ccccc1)N1CC/C(=C/OC)CC1Cc1ccccc1. The average molecular weight is 319 g/mol. The fraction of sp³-hybridized carbons (Fsp3) is 0.273. The summed E-state index contributed by atoms with van der Waals surface area (Å²) in [6.07, 6.45) is 4.99. The minimum Gasteiger partial charge on any atom is -0.504 e. The zero-order chi connectivity index (χ0) is 16.8. The van der Waals surface area contributed by atoms with E-state index in [1.807, 2.05) is 12.3 Å². The molecule has 0 spiro atoms. The average Bonchev–Trinajstić information content (AvgIpc) is 2.63. The molecule has 0 aliphatic carbocycles. The number of piperidine rings is 1. The van der Waals surface area contributed by atoms with Gasteiger partial charge in [0, 0.05) is 18.3 Å². The second kappa shape index (κ2) is 7.87. The van der Waals surface area contributed by atoms with E-state index in [-0.39, 0.29) is 0 Å². The number of nitrogens with zero attached hydrogens (tertiary/aromatic N) is 1. The number of benzene rings is 2. The van der Waals surface area contributed by atoms with E-state index in [9.17, 15) is 0 Å². The normalized spacial score (nSPS) is 19.3. The van der Waals surface area contributed by atoms with Gasteiger partial charge in [0.1, 0.15) is 0 Å². The van der Waals surface area contributed by atoms with Gasteiger partial charge in [-0.1, -0.05) is 67.2 Å². The summed E-state index contributed by atoms with van der Waals surface area (Å²) >= 11 is 0. The van der Waals surface area contributed by atoms with Crippen LogP contribution in [0.1, 0.15) is 24.0 Å². The van der Waals surface area contributed by atoms with Gasteiger partial charge in [0.25, 0.3) is 0 Å². The maximum atomic E-state index is 5.26. The molecular formula is C22H25NO. The van der Waals surface area contributed by atoms with Crippen molar-refractivity contribution in [1.82, 2.24) is 4.90 Å². The Hall–Kier alpha value is -2.48. The lowest BCUT2D eigenvalue weighted by Gasteiger charge is -2.40. The Morgan fingerprint density at radius 1 is 1.12 bits per heavy atom. The minimum absolute atomic E-state index is 0.412. The summed E-state index contributed by atoms with van der Waals surface area (Å²) in [7, 11) is 1.73. The van der Waals surface area contributed by atoms with Crippen LogP contribution in [0.5, 0.6) is 0 Å². The molecule has 1 heterocycles. The fourth-order valence-corrected chi connectivity index (χ4v) is 3.46. The predicted molar refractivity (Wildman–Crippen MR) is 100 cm³/mol. The van der Waals surface area contributed by atoms with Crippen LogP contribution in [-0.4, -0.2) is 24.6 Å². The number of rotatable bonds is 5. The van der Waals surface area contributed by atoms with Crippen LogP contribution in [0.15, 0.2) is 79.1 Å². The number of hydrogen-bond donors (Lipinski definition) is 0. The molecule has 0 saturated carbocycles. The van der Waals surface area contributed by atoms with Gasteiger partial charge in [0.15, 0.2) is 0 Å². The maximum Gasteiger partial charge on any atom is 0.0818 e. The van der Waals surface area contributed by atoms with E-state index in [1.54, 1.807) is 7.11 Å². The van der Waals surface area contributed by atoms with Crippen molar-refractivity contribution in [2.45, 2.75) is 25.3 Å². The van der Waals surface area contributed by atoms with Crippen molar-refractivity contribution in [3.63, 3.8) is 0 Å². The monoisotopic (exact) mass is 319 g/mol. The van der Waals surface area contributed by atoms with E-state index < -0.39 is 0 Å². The first-order valence-corrected chi connectivity index (χ1v) is 8.53. The van der Waals surface area contributed by atoms with E-state index in [0.29, 0.717) is 6.04 Å².